The number of hydrogen-bond acceptors (Lipinski definition) is 7. The van der Waals surface area contributed by atoms with Gasteiger partial charge in [0.1, 0.15) is 0 Å². The zero-order chi connectivity index (χ0) is 19.2. The molecule has 3 heterocycles. The van der Waals surface area contributed by atoms with Crippen LogP contribution in [0.1, 0.15) is 18.4 Å². The Kier molecular flexibility index (Phi) is 5.62. The molecule has 3 rings (SSSR count). The van der Waals surface area contributed by atoms with E-state index in [-0.39, 0.29) is 11.8 Å². The van der Waals surface area contributed by atoms with Crippen LogP contribution in [0.4, 0.5) is 10.9 Å². The molecule has 0 spiro atoms. The highest BCUT2D eigenvalue weighted by Crippen LogP contribution is 2.23. The predicted molar refractivity (Wildman–Crippen MR) is 103 cm³/mol. The molecule has 0 saturated carbocycles. The zero-order valence-electron chi connectivity index (χ0n) is 14.4. The van der Waals surface area contributed by atoms with E-state index in [1.807, 2.05) is 6.07 Å². The van der Waals surface area contributed by atoms with Crippen molar-refractivity contribution < 1.29 is 9.59 Å². The smallest absolute Gasteiger partial charge is 0.248 e. The van der Waals surface area contributed by atoms with Crippen molar-refractivity contribution in [3.8, 4) is 11.3 Å². The molecule has 0 aliphatic rings. The summed E-state index contributed by atoms with van der Waals surface area (Å²) in [6.45, 7) is 5.18. The number of hydrogen-bond donors (Lipinski definition) is 2. The van der Waals surface area contributed by atoms with E-state index in [0.717, 1.165) is 17.2 Å². The van der Waals surface area contributed by atoms with Crippen molar-refractivity contribution in [2.75, 3.05) is 10.6 Å². The molecule has 27 heavy (non-hydrogen) atoms. The number of amides is 2. The molecular formula is C18H16N6O2S. The summed E-state index contributed by atoms with van der Waals surface area (Å²) >= 11 is 1.36. The molecule has 0 fully saturated rings. The number of pyridine rings is 1. The van der Waals surface area contributed by atoms with Crippen LogP contribution >= 0.6 is 11.3 Å². The van der Waals surface area contributed by atoms with Gasteiger partial charge in [0.2, 0.25) is 11.8 Å². The maximum absolute atomic E-state index is 12.4. The molecule has 136 valence electrons. The number of carbonyl (C=O) groups excluding carboxylic acids is 2. The third-order valence-electron chi connectivity index (χ3n) is 3.70. The summed E-state index contributed by atoms with van der Waals surface area (Å²) in [4.78, 5) is 40.3. The normalized spacial score (nSPS) is 11.4. The average Bonchev–Trinajstić information content (AvgIpc) is 3.21. The molecule has 1 atom stereocenters. The van der Waals surface area contributed by atoms with Gasteiger partial charge in [-0.15, -0.1) is 11.3 Å². The summed E-state index contributed by atoms with van der Waals surface area (Å²) in [5.41, 5.74) is 2.04. The molecule has 2 amide bonds. The van der Waals surface area contributed by atoms with E-state index in [1.165, 1.54) is 23.7 Å². The van der Waals surface area contributed by atoms with E-state index in [1.54, 1.807) is 30.9 Å². The molecular weight excluding hydrogens is 364 g/mol. The second kappa shape index (κ2) is 8.28. The fourth-order valence-electron chi connectivity index (χ4n) is 2.20. The van der Waals surface area contributed by atoms with Crippen molar-refractivity contribution in [1.29, 1.82) is 0 Å². The first-order valence-electron chi connectivity index (χ1n) is 7.98. The van der Waals surface area contributed by atoms with Crippen LogP contribution in [0.25, 0.3) is 11.3 Å². The second-order valence-corrected chi connectivity index (χ2v) is 6.43. The number of anilines is 2. The Hall–Kier alpha value is -3.46. The molecule has 8 nitrogen and oxygen atoms in total. The van der Waals surface area contributed by atoms with Crippen LogP contribution in [-0.4, -0.2) is 31.8 Å². The highest BCUT2D eigenvalue weighted by atomic mass is 32.1. The maximum Gasteiger partial charge on any atom is 0.248 e. The van der Waals surface area contributed by atoms with Gasteiger partial charge in [-0.3, -0.25) is 19.6 Å². The minimum absolute atomic E-state index is 0.169. The summed E-state index contributed by atoms with van der Waals surface area (Å²) in [5.74, 6) is -0.623. The fraction of sp³-hybridized carbons (Fsp3) is 0.111. The van der Waals surface area contributed by atoms with Crippen LogP contribution < -0.4 is 10.6 Å². The SMILES string of the molecule is C=CC(=O)Nc1cnc(-c2cncc(C(C)C(=O)Nc3nccs3)c2)cn1. The van der Waals surface area contributed by atoms with Gasteiger partial charge in [-0.2, -0.15) is 0 Å². The zero-order valence-corrected chi connectivity index (χ0v) is 15.2. The maximum atomic E-state index is 12.4. The predicted octanol–water partition coefficient (Wildman–Crippen LogP) is 2.86. The van der Waals surface area contributed by atoms with E-state index in [4.69, 9.17) is 0 Å². The van der Waals surface area contributed by atoms with Gasteiger partial charge in [0, 0.05) is 29.5 Å². The lowest BCUT2D eigenvalue weighted by Gasteiger charge is -2.12. The van der Waals surface area contributed by atoms with Crippen molar-refractivity contribution in [3.05, 3.63) is 60.6 Å². The molecule has 0 radical (unpaired) electrons. The van der Waals surface area contributed by atoms with Crippen LogP contribution in [0.5, 0.6) is 0 Å². The van der Waals surface area contributed by atoms with Crippen LogP contribution in [0.3, 0.4) is 0 Å². The first kappa shape index (κ1) is 18.3. The van der Waals surface area contributed by atoms with E-state index in [9.17, 15) is 9.59 Å². The monoisotopic (exact) mass is 380 g/mol. The van der Waals surface area contributed by atoms with Gasteiger partial charge in [0.05, 0.1) is 24.0 Å². The molecule has 0 saturated heterocycles. The van der Waals surface area contributed by atoms with E-state index < -0.39 is 5.92 Å². The molecule has 3 aromatic heterocycles. The highest BCUT2D eigenvalue weighted by molar-refractivity contribution is 7.13. The Labute approximate surface area is 159 Å². The third-order valence-corrected chi connectivity index (χ3v) is 4.39. The van der Waals surface area contributed by atoms with Crippen LogP contribution in [0, 0.1) is 0 Å². The minimum Gasteiger partial charge on any atom is -0.306 e. The van der Waals surface area contributed by atoms with Gasteiger partial charge in [-0.25, -0.2) is 9.97 Å². The summed E-state index contributed by atoms with van der Waals surface area (Å²) in [7, 11) is 0. The summed E-state index contributed by atoms with van der Waals surface area (Å²) in [6.07, 6.45) is 9.04. The standard InChI is InChI=1S/C18H16N6O2S/c1-3-16(25)23-15-10-21-14(9-22-15)13-6-12(7-19-8-13)11(2)17(26)24-18-20-4-5-27-18/h3-11H,1H2,2H3,(H,20,24,26)(H,22,23,25). The van der Waals surface area contributed by atoms with Crippen molar-refractivity contribution in [3.63, 3.8) is 0 Å². The first-order valence-corrected chi connectivity index (χ1v) is 8.86. The quantitative estimate of drug-likeness (QED) is 0.636. The highest BCUT2D eigenvalue weighted by Gasteiger charge is 2.17. The number of nitrogens with zero attached hydrogens (tertiary/aromatic N) is 4. The molecule has 3 aromatic rings. The molecule has 0 aliphatic carbocycles. The lowest BCUT2D eigenvalue weighted by molar-refractivity contribution is -0.117. The van der Waals surface area contributed by atoms with Gasteiger partial charge in [0.15, 0.2) is 10.9 Å². The number of nitrogens with one attached hydrogen (secondary N) is 2. The molecule has 0 bridgehead atoms. The van der Waals surface area contributed by atoms with Crippen molar-refractivity contribution in [2.45, 2.75) is 12.8 Å². The number of carbonyl (C=O) groups is 2. The number of rotatable bonds is 6. The Morgan fingerprint density at radius 1 is 1.15 bits per heavy atom. The molecule has 9 heteroatoms. The second-order valence-electron chi connectivity index (χ2n) is 5.54. The molecule has 2 N–H and O–H groups in total. The average molecular weight is 380 g/mol. The van der Waals surface area contributed by atoms with Crippen molar-refractivity contribution in [1.82, 2.24) is 19.9 Å². The van der Waals surface area contributed by atoms with Crippen LogP contribution in [-0.2, 0) is 9.59 Å². The van der Waals surface area contributed by atoms with Crippen molar-refractivity contribution in [2.24, 2.45) is 0 Å². The minimum atomic E-state index is -0.416. The van der Waals surface area contributed by atoms with Crippen LogP contribution in [0.15, 0.2) is 55.1 Å². The summed E-state index contributed by atoms with van der Waals surface area (Å²) in [6, 6.07) is 1.84. The summed E-state index contributed by atoms with van der Waals surface area (Å²) in [5, 5.41) is 7.66. The molecule has 0 aliphatic heterocycles. The van der Waals surface area contributed by atoms with E-state index in [0.29, 0.717) is 16.6 Å². The van der Waals surface area contributed by atoms with Gasteiger partial charge in [0.25, 0.3) is 0 Å². The van der Waals surface area contributed by atoms with Gasteiger partial charge < -0.3 is 10.6 Å². The molecule has 1 unspecified atom stereocenters. The Morgan fingerprint density at radius 3 is 2.67 bits per heavy atom. The van der Waals surface area contributed by atoms with Crippen molar-refractivity contribution >= 4 is 34.1 Å². The Balaban J connectivity index is 1.75. The lowest BCUT2D eigenvalue weighted by Crippen LogP contribution is -2.18. The van der Waals surface area contributed by atoms with Gasteiger partial charge in [-0.05, 0) is 24.6 Å². The van der Waals surface area contributed by atoms with Gasteiger partial charge in [-0.1, -0.05) is 6.58 Å². The van der Waals surface area contributed by atoms with E-state index >= 15 is 0 Å². The third kappa shape index (κ3) is 4.59. The van der Waals surface area contributed by atoms with Gasteiger partial charge >= 0.3 is 0 Å². The summed E-state index contributed by atoms with van der Waals surface area (Å²) < 4.78 is 0. The van der Waals surface area contributed by atoms with E-state index in [2.05, 4.69) is 37.1 Å². The number of thiazole rings is 1. The first-order chi connectivity index (χ1) is 13.1. The fourth-order valence-corrected chi connectivity index (χ4v) is 2.74. The Morgan fingerprint density at radius 2 is 2.00 bits per heavy atom. The van der Waals surface area contributed by atoms with Crippen LogP contribution in [0.2, 0.25) is 0 Å². The largest absolute Gasteiger partial charge is 0.306 e. The number of aromatic nitrogens is 4. The Bertz CT molecular complexity index is 956. The molecule has 0 aromatic carbocycles. The topological polar surface area (TPSA) is 110 Å². The lowest BCUT2D eigenvalue weighted by atomic mass is 10.0.